The molecule has 1 unspecified atom stereocenters. The van der Waals surface area contributed by atoms with Gasteiger partial charge in [-0.05, 0) is 47.7 Å². The van der Waals surface area contributed by atoms with Gasteiger partial charge < -0.3 is 5.32 Å². The molecule has 3 aromatic carbocycles. The zero-order valence-corrected chi connectivity index (χ0v) is 22.8. The van der Waals surface area contributed by atoms with Gasteiger partial charge in [0.1, 0.15) is 11.1 Å². The normalized spacial score (nSPS) is 12.0. The Hall–Kier alpha value is -3.59. The van der Waals surface area contributed by atoms with Crippen molar-refractivity contribution in [2.24, 2.45) is 0 Å². The van der Waals surface area contributed by atoms with Crippen molar-refractivity contribution >= 4 is 35.0 Å². The molecule has 6 heteroatoms. The summed E-state index contributed by atoms with van der Waals surface area (Å²) in [6.07, 6.45) is 0. The fourth-order valence-electron chi connectivity index (χ4n) is 3.88. The number of thioether (sulfide) groups is 1. The van der Waals surface area contributed by atoms with Crippen LogP contribution >= 0.6 is 23.4 Å². The van der Waals surface area contributed by atoms with Gasteiger partial charge in [0.05, 0.1) is 16.5 Å². The van der Waals surface area contributed by atoms with E-state index in [1.807, 2.05) is 36.4 Å². The molecule has 0 spiro atoms. The molecular formula is C31H28ClN3OS. The first-order chi connectivity index (χ1) is 17.7. The fraction of sp³-hybridized carbons (Fsp3) is 0.194. The summed E-state index contributed by atoms with van der Waals surface area (Å²) in [5.74, 6) is -0.195. The summed E-state index contributed by atoms with van der Waals surface area (Å²) in [7, 11) is 0. The molecule has 4 aromatic rings. The van der Waals surface area contributed by atoms with Crippen LogP contribution in [0, 0.1) is 11.3 Å². The molecule has 1 atom stereocenters. The number of nitrogens with one attached hydrogen (secondary N) is 1. The smallest absolute Gasteiger partial charge is 0.237 e. The van der Waals surface area contributed by atoms with Crippen LogP contribution in [0.4, 0.5) is 5.69 Å². The van der Waals surface area contributed by atoms with Crippen molar-refractivity contribution in [2.75, 3.05) is 5.32 Å². The minimum atomic E-state index is -0.499. The van der Waals surface area contributed by atoms with Crippen LogP contribution < -0.4 is 5.32 Å². The van der Waals surface area contributed by atoms with Crippen molar-refractivity contribution in [3.63, 3.8) is 0 Å². The van der Waals surface area contributed by atoms with Gasteiger partial charge in [-0.25, -0.2) is 4.98 Å². The van der Waals surface area contributed by atoms with Gasteiger partial charge >= 0.3 is 0 Å². The summed E-state index contributed by atoms with van der Waals surface area (Å²) in [5.41, 5.74) is 5.73. The highest BCUT2D eigenvalue weighted by Crippen LogP contribution is 2.36. The van der Waals surface area contributed by atoms with Gasteiger partial charge in [-0.3, -0.25) is 4.79 Å². The van der Waals surface area contributed by atoms with E-state index in [4.69, 9.17) is 16.6 Å². The van der Waals surface area contributed by atoms with Crippen LogP contribution in [0.2, 0.25) is 5.02 Å². The first-order valence-corrected chi connectivity index (χ1v) is 13.3. The molecule has 1 heterocycles. The van der Waals surface area contributed by atoms with Crippen LogP contribution in [-0.4, -0.2) is 16.1 Å². The van der Waals surface area contributed by atoms with Crippen LogP contribution in [0.1, 0.15) is 38.8 Å². The average molecular weight is 526 g/mol. The van der Waals surface area contributed by atoms with Gasteiger partial charge in [-0.15, -0.1) is 0 Å². The van der Waals surface area contributed by atoms with E-state index in [-0.39, 0.29) is 11.3 Å². The number of carbonyl (C=O) groups excluding carboxylic acids is 1. The van der Waals surface area contributed by atoms with Gasteiger partial charge in [0, 0.05) is 21.8 Å². The molecule has 0 saturated heterocycles. The van der Waals surface area contributed by atoms with Crippen molar-refractivity contribution in [3.05, 3.63) is 101 Å². The van der Waals surface area contributed by atoms with Crippen molar-refractivity contribution < 1.29 is 4.79 Å². The highest BCUT2D eigenvalue weighted by atomic mass is 35.5. The molecule has 0 radical (unpaired) electrons. The Morgan fingerprint density at radius 2 is 1.68 bits per heavy atom. The van der Waals surface area contributed by atoms with E-state index in [0.29, 0.717) is 21.3 Å². The quantitative estimate of drug-likeness (QED) is 0.257. The molecule has 0 aliphatic rings. The van der Waals surface area contributed by atoms with Gasteiger partial charge in [0.15, 0.2) is 0 Å². The molecule has 0 bridgehead atoms. The summed E-state index contributed by atoms with van der Waals surface area (Å²) in [5, 5.41) is 13.7. The van der Waals surface area contributed by atoms with Crippen LogP contribution in [-0.2, 0) is 10.2 Å². The number of rotatable bonds is 6. The number of pyridine rings is 1. The summed E-state index contributed by atoms with van der Waals surface area (Å²) in [6, 6.07) is 29.5. The van der Waals surface area contributed by atoms with Crippen molar-refractivity contribution in [1.82, 2.24) is 4.98 Å². The zero-order valence-electron chi connectivity index (χ0n) is 21.2. The van der Waals surface area contributed by atoms with Gasteiger partial charge in [0.2, 0.25) is 5.91 Å². The number of hydrogen-bond acceptors (Lipinski definition) is 4. The second-order valence-electron chi connectivity index (χ2n) is 9.80. The summed E-state index contributed by atoms with van der Waals surface area (Å²) in [6.45, 7) is 8.33. The number of nitriles is 1. The third kappa shape index (κ3) is 6.40. The van der Waals surface area contributed by atoms with Crippen molar-refractivity contribution in [1.29, 1.82) is 5.26 Å². The minimum absolute atomic E-state index is 0.0246. The second kappa shape index (κ2) is 11.2. The molecule has 0 aliphatic heterocycles. The van der Waals surface area contributed by atoms with E-state index in [0.717, 1.165) is 22.4 Å². The number of nitrogens with zero attached hydrogens (tertiary/aromatic N) is 2. The van der Waals surface area contributed by atoms with Crippen LogP contribution in [0.25, 0.3) is 22.4 Å². The number of anilines is 1. The number of halogens is 1. The Morgan fingerprint density at radius 3 is 2.30 bits per heavy atom. The topological polar surface area (TPSA) is 65.8 Å². The largest absolute Gasteiger partial charge is 0.325 e. The number of benzene rings is 3. The molecule has 0 saturated carbocycles. The predicted molar refractivity (Wildman–Crippen MR) is 154 cm³/mol. The lowest BCUT2D eigenvalue weighted by molar-refractivity contribution is -0.115. The molecular weight excluding hydrogens is 498 g/mol. The molecule has 1 aromatic heterocycles. The molecule has 0 fully saturated rings. The molecule has 1 amide bonds. The molecule has 4 rings (SSSR count). The van der Waals surface area contributed by atoms with E-state index in [9.17, 15) is 10.1 Å². The Morgan fingerprint density at radius 1 is 0.973 bits per heavy atom. The first kappa shape index (κ1) is 26.5. The minimum Gasteiger partial charge on any atom is -0.325 e. The maximum absolute atomic E-state index is 13.0. The molecule has 186 valence electrons. The lowest BCUT2D eigenvalue weighted by atomic mass is 9.86. The van der Waals surface area contributed by atoms with Gasteiger partial charge in [0.25, 0.3) is 0 Å². The number of amides is 1. The highest BCUT2D eigenvalue weighted by Gasteiger charge is 2.22. The zero-order chi connectivity index (χ0) is 26.6. The maximum atomic E-state index is 13.0. The van der Waals surface area contributed by atoms with Crippen LogP contribution in [0.15, 0.2) is 90.0 Å². The number of carbonyl (C=O) groups is 1. The Kier molecular flexibility index (Phi) is 8.02. The van der Waals surface area contributed by atoms with E-state index in [2.05, 4.69) is 56.4 Å². The third-order valence-corrected chi connectivity index (χ3v) is 7.30. The highest BCUT2D eigenvalue weighted by molar-refractivity contribution is 8.00. The standard InChI is InChI=1S/C31H28ClN3OS/c1-20(29(36)34-25-12-8-11-24(32)17-25)37-30-27(19-33)26(18-28(35-30)22-9-6-5-7-10-22)21-13-15-23(16-14-21)31(2,3)4/h5-18,20H,1-4H3,(H,34,36). The fourth-order valence-corrected chi connectivity index (χ4v) is 5.00. The van der Waals surface area contributed by atoms with E-state index in [1.54, 1.807) is 31.2 Å². The average Bonchev–Trinajstić information content (AvgIpc) is 2.88. The molecule has 4 nitrogen and oxygen atoms in total. The Balaban J connectivity index is 1.74. The third-order valence-electron chi connectivity index (χ3n) is 5.98. The molecule has 1 N–H and O–H groups in total. The van der Waals surface area contributed by atoms with Crippen LogP contribution in [0.5, 0.6) is 0 Å². The predicted octanol–water partition coefficient (Wildman–Crippen LogP) is 8.36. The Labute approximate surface area is 227 Å². The van der Waals surface area contributed by atoms with Crippen LogP contribution in [0.3, 0.4) is 0 Å². The Bertz CT molecular complexity index is 1460. The van der Waals surface area contributed by atoms with E-state index in [1.165, 1.54) is 17.3 Å². The lowest BCUT2D eigenvalue weighted by Gasteiger charge is -2.20. The maximum Gasteiger partial charge on any atom is 0.237 e. The lowest BCUT2D eigenvalue weighted by Crippen LogP contribution is -2.22. The van der Waals surface area contributed by atoms with Gasteiger partial charge in [-0.1, -0.05) is 105 Å². The summed E-state index contributed by atoms with van der Waals surface area (Å²) in [4.78, 5) is 17.8. The second-order valence-corrected chi connectivity index (χ2v) is 11.6. The van der Waals surface area contributed by atoms with Gasteiger partial charge in [-0.2, -0.15) is 5.26 Å². The number of aromatic nitrogens is 1. The number of hydrogen-bond donors (Lipinski definition) is 1. The first-order valence-electron chi connectivity index (χ1n) is 12.0. The van der Waals surface area contributed by atoms with Crippen molar-refractivity contribution in [3.8, 4) is 28.5 Å². The summed E-state index contributed by atoms with van der Waals surface area (Å²) >= 11 is 7.33. The van der Waals surface area contributed by atoms with E-state index < -0.39 is 5.25 Å². The SMILES string of the molecule is CC(Sc1nc(-c2ccccc2)cc(-c2ccc(C(C)(C)C)cc2)c1C#N)C(=O)Nc1cccc(Cl)c1. The molecule has 0 aliphatic carbocycles. The molecule has 37 heavy (non-hydrogen) atoms. The monoisotopic (exact) mass is 525 g/mol. The van der Waals surface area contributed by atoms with Crippen molar-refractivity contribution in [2.45, 2.75) is 43.4 Å². The summed E-state index contributed by atoms with van der Waals surface area (Å²) < 4.78 is 0. The van der Waals surface area contributed by atoms with E-state index >= 15 is 0 Å².